The van der Waals surface area contributed by atoms with Gasteiger partial charge in [0.15, 0.2) is 0 Å². The number of ketones is 1. The molecule has 164 valence electrons. The number of nitrogens with zero attached hydrogens (tertiary/aromatic N) is 1. The molecule has 1 aliphatic carbocycles. The molecule has 0 spiro atoms. The minimum Gasteiger partial charge on any atom is -0.507 e. The minimum atomic E-state index is -0.602. The number of carbonyl (C=O) groups is 2. The number of ether oxygens (including phenoxy) is 1. The molecule has 2 heterocycles. The molecule has 1 saturated carbocycles. The lowest BCUT2D eigenvalue weighted by Crippen LogP contribution is -2.40. The summed E-state index contributed by atoms with van der Waals surface area (Å²) in [5, 5.41) is 13.2. The first-order chi connectivity index (χ1) is 15.0. The Morgan fingerprint density at radius 2 is 1.94 bits per heavy atom. The van der Waals surface area contributed by atoms with E-state index in [2.05, 4.69) is 13.8 Å². The maximum Gasteiger partial charge on any atom is 0.295 e. The zero-order valence-corrected chi connectivity index (χ0v) is 18.9. The number of benzene rings is 1. The van der Waals surface area contributed by atoms with E-state index >= 15 is 0 Å². The first-order valence-electron chi connectivity index (χ1n) is 11.0. The highest BCUT2D eigenvalue weighted by Gasteiger charge is 2.49. The molecule has 5 nitrogen and oxygen atoms in total. The third-order valence-corrected chi connectivity index (χ3v) is 6.88. The third kappa shape index (κ3) is 4.40. The Morgan fingerprint density at radius 3 is 2.61 bits per heavy atom. The molecule has 1 aliphatic heterocycles. The fourth-order valence-electron chi connectivity index (χ4n) is 4.46. The van der Waals surface area contributed by atoms with E-state index in [4.69, 9.17) is 4.74 Å². The van der Waals surface area contributed by atoms with E-state index in [-0.39, 0.29) is 17.4 Å². The van der Waals surface area contributed by atoms with Crippen LogP contribution in [0.5, 0.6) is 5.75 Å². The van der Waals surface area contributed by atoms with E-state index in [0.717, 1.165) is 37.0 Å². The van der Waals surface area contributed by atoms with Gasteiger partial charge in [0.2, 0.25) is 0 Å². The molecule has 2 aromatic rings. The lowest BCUT2D eigenvalue weighted by atomic mass is 9.93. The van der Waals surface area contributed by atoms with Crippen LogP contribution in [0, 0.1) is 5.92 Å². The van der Waals surface area contributed by atoms with Gasteiger partial charge in [-0.25, -0.2) is 0 Å². The minimum absolute atomic E-state index is 0.0308. The summed E-state index contributed by atoms with van der Waals surface area (Å²) >= 11 is 1.51. The van der Waals surface area contributed by atoms with Crippen molar-refractivity contribution in [1.29, 1.82) is 0 Å². The Morgan fingerprint density at radius 1 is 1.16 bits per heavy atom. The number of hydrogen-bond donors (Lipinski definition) is 1. The third-order valence-electron chi connectivity index (χ3n) is 5.95. The van der Waals surface area contributed by atoms with Crippen LogP contribution in [0.15, 0.2) is 47.4 Å². The number of aliphatic hydroxyl groups excluding tert-OH is 1. The van der Waals surface area contributed by atoms with Gasteiger partial charge in [-0.05, 0) is 42.3 Å². The summed E-state index contributed by atoms with van der Waals surface area (Å²) < 4.78 is 5.79. The molecular weight excluding hydrogens is 410 g/mol. The Labute approximate surface area is 187 Å². The molecule has 2 aliphatic rings. The van der Waals surface area contributed by atoms with Crippen molar-refractivity contribution in [3.8, 4) is 5.75 Å². The molecule has 1 aromatic heterocycles. The Balaban J connectivity index is 1.76. The molecule has 1 amide bonds. The van der Waals surface area contributed by atoms with Crippen molar-refractivity contribution >= 4 is 28.8 Å². The second-order valence-corrected chi connectivity index (χ2v) is 9.73. The van der Waals surface area contributed by atoms with Crippen LogP contribution in [-0.2, 0) is 9.59 Å². The van der Waals surface area contributed by atoms with Gasteiger partial charge in [-0.3, -0.25) is 9.59 Å². The maximum atomic E-state index is 13.1. The largest absolute Gasteiger partial charge is 0.507 e. The molecule has 4 rings (SSSR count). The molecule has 6 heteroatoms. The van der Waals surface area contributed by atoms with Crippen LogP contribution in [-0.4, -0.2) is 34.3 Å². The average molecular weight is 440 g/mol. The standard InChI is InChI=1S/C25H29NO4S/c1-16(2)15-30-19-11-6-8-17(14-19)23(27)21-22(20-12-7-13-31-20)26(25(29)24(21)28)18-9-4-3-5-10-18/h6-8,11-14,16,18,22,27H,3-5,9-10,15H2,1-2H3/b23-21-. The summed E-state index contributed by atoms with van der Waals surface area (Å²) in [6.45, 7) is 4.70. The first-order valence-corrected chi connectivity index (χ1v) is 11.9. The van der Waals surface area contributed by atoms with Crippen LogP contribution in [0.1, 0.15) is 62.4 Å². The smallest absolute Gasteiger partial charge is 0.295 e. The van der Waals surface area contributed by atoms with Gasteiger partial charge in [0.05, 0.1) is 18.2 Å². The molecular formula is C25H29NO4S. The topological polar surface area (TPSA) is 66.8 Å². The molecule has 0 bridgehead atoms. The van der Waals surface area contributed by atoms with E-state index in [1.807, 2.05) is 23.6 Å². The van der Waals surface area contributed by atoms with Crippen molar-refractivity contribution in [3.63, 3.8) is 0 Å². The Bertz CT molecular complexity index is 973. The number of thiophene rings is 1. The van der Waals surface area contributed by atoms with E-state index in [1.165, 1.54) is 11.3 Å². The first kappa shape index (κ1) is 21.6. The summed E-state index contributed by atoms with van der Waals surface area (Å²) in [4.78, 5) is 28.9. The van der Waals surface area contributed by atoms with Crippen molar-refractivity contribution in [2.75, 3.05) is 6.61 Å². The number of amides is 1. The summed E-state index contributed by atoms with van der Waals surface area (Å²) in [5.41, 5.74) is 0.670. The van der Waals surface area contributed by atoms with Gasteiger partial charge in [0.25, 0.3) is 11.7 Å². The molecule has 31 heavy (non-hydrogen) atoms. The monoisotopic (exact) mass is 439 g/mol. The van der Waals surface area contributed by atoms with Gasteiger partial charge < -0.3 is 14.7 Å². The summed E-state index contributed by atoms with van der Waals surface area (Å²) in [6.07, 6.45) is 5.06. The van der Waals surface area contributed by atoms with Gasteiger partial charge in [0.1, 0.15) is 11.5 Å². The van der Waals surface area contributed by atoms with Crippen LogP contribution in [0.3, 0.4) is 0 Å². The van der Waals surface area contributed by atoms with Gasteiger partial charge in [-0.15, -0.1) is 11.3 Å². The lowest BCUT2D eigenvalue weighted by molar-refractivity contribution is -0.141. The predicted octanol–water partition coefficient (Wildman–Crippen LogP) is 5.54. The zero-order valence-electron chi connectivity index (χ0n) is 18.0. The van der Waals surface area contributed by atoms with E-state index in [9.17, 15) is 14.7 Å². The van der Waals surface area contributed by atoms with Crippen LogP contribution in [0.25, 0.3) is 5.76 Å². The zero-order chi connectivity index (χ0) is 22.0. The normalized spacial score (nSPS) is 21.8. The second kappa shape index (κ2) is 9.27. The SMILES string of the molecule is CC(C)COc1cccc(/C(O)=C2/C(=O)C(=O)N(C3CCCCC3)C2c2cccs2)c1. The van der Waals surface area contributed by atoms with E-state index in [1.54, 1.807) is 23.1 Å². The van der Waals surface area contributed by atoms with Gasteiger partial charge >= 0.3 is 0 Å². The average Bonchev–Trinajstić information content (AvgIpc) is 3.40. The van der Waals surface area contributed by atoms with Crippen molar-refractivity contribution < 1.29 is 19.4 Å². The van der Waals surface area contributed by atoms with Crippen LogP contribution in [0.2, 0.25) is 0 Å². The highest BCUT2D eigenvalue weighted by atomic mass is 32.1. The quantitative estimate of drug-likeness (QED) is 0.365. The van der Waals surface area contributed by atoms with Crippen LogP contribution in [0.4, 0.5) is 0 Å². The summed E-state index contributed by atoms with van der Waals surface area (Å²) in [6, 6.07) is 10.5. The second-order valence-electron chi connectivity index (χ2n) is 8.75. The summed E-state index contributed by atoms with van der Waals surface area (Å²) in [5.74, 6) is -0.233. The highest BCUT2D eigenvalue weighted by molar-refractivity contribution is 7.10. The maximum absolute atomic E-state index is 13.1. The van der Waals surface area contributed by atoms with Crippen molar-refractivity contribution in [2.45, 2.75) is 58.0 Å². The molecule has 1 unspecified atom stereocenters. The fourth-order valence-corrected chi connectivity index (χ4v) is 5.30. The van der Waals surface area contributed by atoms with Gasteiger partial charge in [-0.2, -0.15) is 0 Å². The molecule has 1 saturated heterocycles. The lowest BCUT2D eigenvalue weighted by Gasteiger charge is -2.34. The predicted molar refractivity (Wildman–Crippen MR) is 122 cm³/mol. The van der Waals surface area contributed by atoms with Crippen LogP contribution >= 0.6 is 11.3 Å². The van der Waals surface area contributed by atoms with Gasteiger partial charge in [-0.1, -0.05) is 51.3 Å². The number of rotatable bonds is 6. The fraction of sp³-hybridized carbons (Fsp3) is 0.440. The highest BCUT2D eigenvalue weighted by Crippen LogP contribution is 2.44. The number of carbonyl (C=O) groups excluding carboxylic acids is 2. The van der Waals surface area contributed by atoms with Crippen molar-refractivity contribution in [2.24, 2.45) is 5.92 Å². The van der Waals surface area contributed by atoms with Crippen molar-refractivity contribution in [3.05, 3.63) is 57.8 Å². The number of likely N-dealkylation sites (tertiary alicyclic amines) is 1. The molecule has 2 fully saturated rings. The molecule has 1 aromatic carbocycles. The van der Waals surface area contributed by atoms with Crippen LogP contribution < -0.4 is 4.74 Å². The Kier molecular flexibility index (Phi) is 6.46. The molecule has 1 atom stereocenters. The number of aliphatic hydroxyl groups is 1. The van der Waals surface area contributed by atoms with Crippen molar-refractivity contribution in [1.82, 2.24) is 4.90 Å². The number of Topliss-reactive ketones (excluding diaryl/α,β-unsaturated/α-hetero) is 1. The number of hydrogen-bond acceptors (Lipinski definition) is 5. The summed E-state index contributed by atoms with van der Waals surface area (Å²) in [7, 11) is 0. The molecule has 0 radical (unpaired) electrons. The van der Waals surface area contributed by atoms with E-state index < -0.39 is 17.7 Å². The van der Waals surface area contributed by atoms with Gasteiger partial charge in [0, 0.05) is 16.5 Å². The van der Waals surface area contributed by atoms with E-state index in [0.29, 0.717) is 23.8 Å². The Hall–Kier alpha value is -2.60. The molecule has 1 N–H and O–H groups in total.